The van der Waals surface area contributed by atoms with Crippen molar-refractivity contribution in [3.63, 3.8) is 0 Å². The Bertz CT molecular complexity index is 235. The summed E-state index contributed by atoms with van der Waals surface area (Å²) < 4.78 is 5.24. The van der Waals surface area contributed by atoms with Crippen LogP contribution in [0.4, 0.5) is 4.79 Å². The molecule has 120 valence electrons. The van der Waals surface area contributed by atoms with Crippen LogP contribution in [0.3, 0.4) is 0 Å². The van der Waals surface area contributed by atoms with E-state index in [1.807, 2.05) is 7.05 Å². The van der Waals surface area contributed by atoms with Crippen molar-refractivity contribution in [3.05, 3.63) is 0 Å². The fourth-order valence-electron chi connectivity index (χ4n) is 1.94. The SMILES string of the molecule is CCN[C@@H](COC(=O)NCCCCCCNC)C(C)C. The van der Waals surface area contributed by atoms with Crippen LogP contribution >= 0.6 is 0 Å². The Hall–Kier alpha value is -0.810. The Morgan fingerprint density at radius 2 is 1.75 bits per heavy atom. The van der Waals surface area contributed by atoms with E-state index >= 15 is 0 Å². The molecule has 0 aliphatic carbocycles. The Kier molecular flexibility index (Phi) is 12.7. The predicted molar refractivity (Wildman–Crippen MR) is 84.0 cm³/mol. The van der Waals surface area contributed by atoms with Gasteiger partial charge >= 0.3 is 6.09 Å². The largest absolute Gasteiger partial charge is 0.448 e. The lowest BCUT2D eigenvalue weighted by Gasteiger charge is -2.21. The van der Waals surface area contributed by atoms with Crippen molar-refractivity contribution >= 4 is 6.09 Å². The van der Waals surface area contributed by atoms with Gasteiger partial charge in [-0.25, -0.2) is 4.79 Å². The van der Waals surface area contributed by atoms with Gasteiger partial charge in [-0.1, -0.05) is 33.6 Å². The van der Waals surface area contributed by atoms with Crippen LogP contribution in [-0.4, -0.2) is 45.4 Å². The summed E-state index contributed by atoms with van der Waals surface area (Å²) >= 11 is 0. The molecule has 1 amide bonds. The highest BCUT2D eigenvalue weighted by molar-refractivity contribution is 5.67. The van der Waals surface area contributed by atoms with E-state index in [1.165, 1.54) is 12.8 Å². The molecule has 0 unspecified atom stereocenters. The van der Waals surface area contributed by atoms with Gasteiger partial charge in [0.05, 0.1) is 0 Å². The molecule has 0 saturated carbocycles. The summed E-state index contributed by atoms with van der Waals surface area (Å²) in [6, 6.07) is 0.229. The minimum absolute atomic E-state index is 0.229. The predicted octanol–water partition coefficient (Wildman–Crippen LogP) is 2.13. The number of carbonyl (C=O) groups excluding carboxylic acids is 1. The van der Waals surface area contributed by atoms with Crippen molar-refractivity contribution in [3.8, 4) is 0 Å². The number of rotatable bonds is 12. The first-order valence-electron chi connectivity index (χ1n) is 7.90. The standard InChI is InChI=1S/C15H33N3O2/c1-5-17-14(13(2)3)12-20-15(19)18-11-9-7-6-8-10-16-4/h13-14,16-17H,5-12H2,1-4H3,(H,18,19)/t14-/m0/s1. The van der Waals surface area contributed by atoms with Gasteiger partial charge in [0.2, 0.25) is 0 Å². The molecule has 20 heavy (non-hydrogen) atoms. The van der Waals surface area contributed by atoms with Crippen molar-refractivity contribution in [2.45, 2.75) is 52.5 Å². The molecule has 5 heteroatoms. The van der Waals surface area contributed by atoms with E-state index in [0.29, 0.717) is 19.1 Å². The summed E-state index contributed by atoms with van der Waals surface area (Å²) in [6.07, 6.45) is 4.25. The van der Waals surface area contributed by atoms with Crippen LogP contribution in [-0.2, 0) is 4.74 Å². The molecule has 0 bridgehead atoms. The van der Waals surface area contributed by atoms with Gasteiger partial charge in [0.25, 0.3) is 0 Å². The Morgan fingerprint density at radius 3 is 2.30 bits per heavy atom. The molecule has 0 saturated heterocycles. The third-order valence-corrected chi connectivity index (χ3v) is 3.29. The molecule has 1 atom stereocenters. The van der Waals surface area contributed by atoms with Gasteiger partial charge in [-0.15, -0.1) is 0 Å². The maximum absolute atomic E-state index is 11.5. The smallest absolute Gasteiger partial charge is 0.407 e. The molecule has 5 nitrogen and oxygen atoms in total. The maximum atomic E-state index is 11.5. The molecule has 0 rings (SSSR count). The summed E-state index contributed by atoms with van der Waals surface area (Å²) in [5.41, 5.74) is 0. The van der Waals surface area contributed by atoms with E-state index in [0.717, 1.165) is 25.9 Å². The van der Waals surface area contributed by atoms with Crippen LogP contribution in [0.1, 0.15) is 46.5 Å². The highest BCUT2D eigenvalue weighted by atomic mass is 16.5. The topological polar surface area (TPSA) is 62.4 Å². The summed E-state index contributed by atoms with van der Waals surface area (Å²) in [5, 5.41) is 9.26. The van der Waals surface area contributed by atoms with E-state index < -0.39 is 0 Å². The second kappa shape index (κ2) is 13.2. The van der Waals surface area contributed by atoms with Crippen LogP contribution in [0.15, 0.2) is 0 Å². The minimum atomic E-state index is -0.302. The van der Waals surface area contributed by atoms with Crippen LogP contribution in [0.5, 0.6) is 0 Å². The van der Waals surface area contributed by atoms with Crippen LogP contribution in [0.25, 0.3) is 0 Å². The van der Waals surface area contributed by atoms with E-state index in [2.05, 4.69) is 36.7 Å². The van der Waals surface area contributed by atoms with Crippen molar-refractivity contribution in [2.75, 3.05) is 33.3 Å². The zero-order chi connectivity index (χ0) is 15.2. The van der Waals surface area contributed by atoms with Gasteiger partial charge < -0.3 is 20.7 Å². The number of likely N-dealkylation sites (N-methyl/N-ethyl adjacent to an activating group) is 1. The Morgan fingerprint density at radius 1 is 1.10 bits per heavy atom. The van der Waals surface area contributed by atoms with E-state index in [9.17, 15) is 4.79 Å². The summed E-state index contributed by atoms with van der Waals surface area (Å²) in [7, 11) is 1.97. The molecule has 0 aromatic rings. The second-order valence-corrected chi connectivity index (χ2v) is 5.45. The molecule has 0 aliphatic rings. The third-order valence-electron chi connectivity index (χ3n) is 3.29. The first-order valence-corrected chi connectivity index (χ1v) is 7.90. The quantitative estimate of drug-likeness (QED) is 0.481. The van der Waals surface area contributed by atoms with E-state index in [-0.39, 0.29) is 12.1 Å². The van der Waals surface area contributed by atoms with Gasteiger partial charge in [0.1, 0.15) is 6.61 Å². The lowest BCUT2D eigenvalue weighted by Crippen LogP contribution is -2.40. The van der Waals surface area contributed by atoms with Crippen molar-refractivity contribution in [1.29, 1.82) is 0 Å². The molecule has 0 spiro atoms. The number of hydrogen-bond donors (Lipinski definition) is 3. The third kappa shape index (κ3) is 11.1. The molecule has 0 aromatic carbocycles. The van der Waals surface area contributed by atoms with Gasteiger partial charge in [-0.3, -0.25) is 0 Å². The number of ether oxygens (including phenoxy) is 1. The fraction of sp³-hybridized carbons (Fsp3) is 0.933. The normalized spacial score (nSPS) is 12.4. The number of hydrogen-bond acceptors (Lipinski definition) is 4. The molecule has 0 fully saturated rings. The molecule has 0 aromatic heterocycles. The highest BCUT2D eigenvalue weighted by Crippen LogP contribution is 2.02. The zero-order valence-electron chi connectivity index (χ0n) is 13.6. The van der Waals surface area contributed by atoms with Gasteiger partial charge in [0, 0.05) is 12.6 Å². The second-order valence-electron chi connectivity index (χ2n) is 5.45. The van der Waals surface area contributed by atoms with Gasteiger partial charge in [0.15, 0.2) is 0 Å². The Balaban J connectivity index is 3.53. The molecule has 0 heterocycles. The van der Waals surface area contributed by atoms with Crippen LogP contribution in [0, 0.1) is 5.92 Å². The summed E-state index contributed by atoms with van der Waals surface area (Å²) in [4.78, 5) is 11.5. The highest BCUT2D eigenvalue weighted by Gasteiger charge is 2.14. The van der Waals surface area contributed by atoms with Gasteiger partial charge in [-0.05, 0) is 38.9 Å². The van der Waals surface area contributed by atoms with Crippen molar-refractivity contribution in [2.24, 2.45) is 5.92 Å². The lowest BCUT2D eigenvalue weighted by atomic mass is 10.1. The number of carbonyl (C=O) groups is 1. The van der Waals surface area contributed by atoms with Crippen molar-refractivity contribution < 1.29 is 9.53 Å². The number of alkyl carbamates (subject to hydrolysis) is 1. The average molecular weight is 287 g/mol. The summed E-state index contributed by atoms with van der Waals surface area (Å²) in [6.45, 7) is 9.39. The van der Waals surface area contributed by atoms with Crippen LogP contribution < -0.4 is 16.0 Å². The summed E-state index contributed by atoms with van der Waals surface area (Å²) in [5.74, 6) is 0.454. The monoisotopic (exact) mass is 287 g/mol. The van der Waals surface area contributed by atoms with Gasteiger partial charge in [-0.2, -0.15) is 0 Å². The molecule has 3 N–H and O–H groups in total. The minimum Gasteiger partial charge on any atom is -0.448 e. The number of amides is 1. The molecular formula is C15H33N3O2. The van der Waals surface area contributed by atoms with E-state index in [4.69, 9.17) is 4.74 Å². The molecule has 0 aliphatic heterocycles. The lowest BCUT2D eigenvalue weighted by molar-refractivity contribution is 0.125. The number of nitrogens with one attached hydrogen (secondary N) is 3. The average Bonchev–Trinajstić information content (AvgIpc) is 2.42. The molecular weight excluding hydrogens is 254 g/mol. The zero-order valence-corrected chi connectivity index (χ0v) is 13.6. The Labute approximate surface area is 124 Å². The number of unbranched alkanes of at least 4 members (excludes halogenated alkanes) is 3. The van der Waals surface area contributed by atoms with Crippen LogP contribution in [0.2, 0.25) is 0 Å². The molecule has 0 radical (unpaired) electrons. The van der Waals surface area contributed by atoms with Crippen molar-refractivity contribution in [1.82, 2.24) is 16.0 Å². The maximum Gasteiger partial charge on any atom is 0.407 e. The first kappa shape index (κ1) is 19.2. The fourth-order valence-corrected chi connectivity index (χ4v) is 1.94. The first-order chi connectivity index (χ1) is 9.61. The van der Waals surface area contributed by atoms with E-state index in [1.54, 1.807) is 0 Å².